The molecule has 2 amide bonds. The summed E-state index contributed by atoms with van der Waals surface area (Å²) in [6, 6.07) is 20.3. The number of rotatable bonds is 11. The summed E-state index contributed by atoms with van der Waals surface area (Å²) in [4.78, 5) is 33.5. The first-order valence-corrected chi connectivity index (χ1v) is 15.4. The van der Waals surface area contributed by atoms with Crippen molar-refractivity contribution in [2.45, 2.75) is 49.6 Å². The normalized spacial score (nSPS) is 15.5. The number of carbonyl (C=O) groups is 2. The fourth-order valence-electron chi connectivity index (χ4n) is 5.25. The van der Waals surface area contributed by atoms with Crippen LogP contribution in [-0.2, 0) is 21.1 Å². The van der Waals surface area contributed by atoms with Gasteiger partial charge in [0.1, 0.15) is 5.69 Å². The predicted octanol–water partition coefficient (Wildman–Crippen LogP) is 3.84. The zero-order valence-electron chi connectivity index (χ0n) is 22.7. The molecule has 0 aliphatic carbocycles. The number of likely N-dealkylation sites (N-methyl/N-ethyl adjacent to an activating group) is 1. The van der Waals surface area contributed by atoms with Crippen LogP contribution in [0.2, 0.25) is 0 Å². The number of benzene rings is 2. The van der Waals surface area contributed by atoms with E-state index in [0.717, 1.165) is 50.0 Å². The lowest BCUT2D eigenvalue weighted by molar-refractivity contribution is -0.133. The lowest BCUT2D eigenvalue weighted by Crippen LogP contribution is -2.48. The Kier molecular flexibility index (Phi) is 9.59. The van der Waals surface area contributed by atoms with E-state index in [0.29, 0.717) is 12.2 Å². The van der Waals surface area contributed by atoms with Crippen molar-refractivity contribution in [1.29, 1.82) is 0 Å². The molecule has 9 heteroatoms. The van der Waals surface area contributed by atoms with Crippen molar-refractivity contribution in [2.24, 2.45) is 0 Å². The first-order chi connectivity index (χ1) is 18.7. The van der Waals surface area contributed by atoms with Crippen molar-refractivity contribution in [3.8, 4) is 0 Å². The number of aromatic amines is 1. The molecular formula is C30H38N4O4S. The van der Waals surface area contributed by atoms with E-state index >= 15 is 0 Å². The fraction of sp³-hybridized carbons (Fsp3) is 0.400. The molecule has 1 aliphatic heterocycles. The summed E-state index contributed by atoms with van der Waals surface area (Å²) in [7, 11) is -3.26. The highest BCUT2D eigenvalue weighted by molar-refractivity contribution is 7.90. The molecule has 1 atom stereocenters. The van der Waals surface area contributed by atoms with Crippen LogP contribution in [0.3, 0.4) is 0 Å². The Labute approximate surface area is 231 Å². The third kappa shape index (κ3) is 7.80. The van der Waals surface area contributed by atoms with Gasteiger partial charge < -0.3 is 20.1 Å². The quantitative estimate of drug-likeness (QED) is 0.378. The minimum Gasteiger partial charge on any atom is -0.357 e. The monoisotopic (exact) mass is 550 g/mol. The molecule has 208 valence electrons. The second-order valence-electron chi connectivity index (χ2n) is 10.2. The predicted molar refractivity (Wildman–Crippen MR) is 152 cm³/mol. The van der Waals surface area contributed by atoms with Gasteiger partial charge in [-0.1, -0.05) is 42.5 Å². The third-order valence-electron chi connectivity index (χ3n) is 7.45. The Morgan fingerprint density at radius 2 is 1.72 bits per heavy atom. The van der Waals surface area contributed by atoms with Gasteiger partial charge in [-0.05, 0) is 61.6 Å². The molecule has 4 rings (SSSR count). The van der Waals surface area contributed by atoms with Crippen LogP contribution in [0.1, 0.15) is 53.8 Å². The van der Waals surface area contributed by atoms with E-state index in [2.05, 4.69) is 15.2 Å². The third-order valence-corrected chi connectivity index (χ3v) is 8.58. The summed E-state index contributed by atoms with van der Waals surface area (Å²) >= 11 is 0. The summed E-state index contributed by atoms with van der Waals surface area (Å²) in [5.41, 5.74) is 2.45. The summed E-state index contributed by atoms with van der Waals surface area (Å²) in [6.07, 6.45) is 5.78. The van der Waals surface area contributed by atoms with Crippen LogP contribution in [0.5, 0.6) is 0 Å². The second kappa shape index (κ2) is 13.1. The van der Waals surface area contributed by atoms with Crippen molar-refractivity contribution < 1.29 is 18.0 Å². The number of H-pyrrole nitrogens is 1. The zero-order valence-corrected chi connectivity index (χ0v) is 23.5. The fourth-order valence-corrected chi connectivity index (χ4v) is 5.88. The van der Waals surface area contributed by atoms with Crippen molar-refractivity contribution in [3.63, 3.8) is 0 Å². The molecule has 2 aromatic carbocycles. The minimum atomic E-state index is -3.26. The smallest absolute Gasteiger partial charge is 0.268 e. The van der Waals surface area contributed by atoms with Gasteiger partial charge in [-0.2, -0.15) is 0 Å². The van der Waals surface area contributed by atoms with E-state index in [1.54, 1.807) is 36.5 Å². The van der Waals surface area contributed by atoms with Gasteiger partial charge in [-0.15, -0.1) is 0 Å². The average Bonchev–Trinajstić information content (AvgIpc) is 3.48. The molecule has 1 aliphatic rings. The summed E-state index contributed by atoms with van der Waals surface area (Å²) in [6.45, 7) is 5.29. The lowest BCUT2D eigenvalue weighted by atomic mass is 9.99. The molecule has 0 spiro atoms. The average molecular weight is 551 g/mol. The van der Waals surface area contributed by atoms with Gasteiger partial charge in [0.2, 0.25) is 5.91 Å². The van der Waals surface area contributed by atoms with Gasteiger partial charge >= 0.3 is 0 Å². The molecule has 1 fully saturated rings. The Bertz CT molecular complexity index is 1320. The number of likely N-dealkylation sites (tertiary alicyclic amines) is 1. The van der Waals surface area contributed by atoms with Crippen LogP contribution in [0, 0.1) is 0 Å². The molecule has 0 unspecified atom stereocenters. The summed E-state index contributed by atoms with van der Waals surface area (Å²) < 4.78 is 23.4. The van der Waals surface area contributed by atoms with Crippen molar-refractivity contribution in [3.05, 3.63) is 89.7 Å². The van der Waals surface area contributed by atoms with Gasteiger partial charge in [0.15, 0.2) is 9.84 Å². The van der Waals surface area contributed by atoms with Crippen LogP contribution in [0.25, 0.3) is 0 Å². The lowest BCUT2D eigenvalue weighted by Gasteiger charge is -2.38. The van der Waals surface area contributed by atoms with Crippen molar-refractivity contribution in [1.82, 2.24) is 20.1 Å². The summed E-state index contributed by atoms with van der Waals surface area (Å²) in [5, 5.41) is 3.18. The van der Waals surface area contributed by atoms with E-state index < -0.39 is 9.84 Å². The van der Waals surface area contributed by atoms with Gasteiger partial charge in [0.25, 0.3) is 5.91 Å². The van der Waals surface area contributed by atoms with Crippen LogP contribution in [-0.4, -0.2) is 73.5 Å². The van der Waals surface area contributed by atoms with Crippen LogP contribution in [0.15, 0.2) is 77.8 Å². The second-order valence-corrected chi connectivity index (χ2v) is 12.2. The number of aromatic nitrogens is 1. The van der Waals surface area contributed by atoms with E-state index in [-0.39, 0.29) is 35.2 Å². The number of hydrogen-bond donors (Lipinski definition) is 2. The SMILES string of the molecule is CCN(C(=O)Cc1ccc(S(C)(=O)=O)cc1)C1CCN(CC[C@H](NC(=O)c2ccc[nH]2)c2ccccc2)CC1. The Morgan fingerprint density at radius 3 is 2.31 bits per heavy atom. The largest absolute Gasteiger partial charge is 0.357 e. The molecule has 39 heavy (non-hydrogen) atoms. The van der Waals surface area contributed by atoms with Gasteiger partial charge in [-0.25, -0.2) is 8.42 Å². The van der Waals surface area contributed by atoms with Crippen molar-refractivity contribution >= 4 is 21.7 Å². The van der Waals surface area contributed by atoms with E-state index in [9.17, 15) is 18.0 Å². The van der Waals surface area contributed by atoms with Gasteiger partial charge in [0, 0.05) is 44.7 Å². The number of hydrogen-bond acceptors (Lipinski definition) is 5. The first kappa shape index (κ1) is 28.6. The highest BCUT2D eigenvalue weighted by atomic mass is 32.2. The molecule has 2 N–H and O–H groups in total. The molecule has 0 radical (unpaired) electrons. The highest BCUT2D eigenvalue weighted by Crippen LogP contribution is 2.22. The Morgan fingerprint density at radius 1 is 1.03 bits per heavy atom. The number of piperidine rings is 1. The molecular weight excluding hydrogens is 512 g/mol. The number of amides is 2. The van der Waals surface area contributed by atoms with Gasteiger partial charge in [-0.3, -0.25) is 9.59 Å². The Hall–Kier alpha value is -3.43. The minimum absolute atomic E-state index is 0.0687. The van der Waals surface area contributed by atoms with Gasteiger partial charge in [0.05, 0.1) is 17.4 Å². The number of carbonyl (C=O) groups excluding carboxylic acids is 2. The topological polar surface area (TPSA) is 103 Å². The maximum atomic E-state index is 13.1. The molecule has 3 aromatic rings. The number of nitrogens with zero attached hydrogens (tertiary/aromatic N) is 2. The Balaban J connectivity index is 1.30. The molecule has 1 aromatic heterocycles. The highest BCUT2D eigenvalue weighted by Gasteiger charge is 2.27. The number of nitrogens with one attached hydrogen (secondary N) is 2. The summed E-state index contributed by atoms with van der Waals surface area (Å²) in [5.74, 6) is -0.0464. The zero-order chi connectivity index (χ0) is 27.8. The van der Waals surface area contributed by atoms with E-state index in [1.165, 1.54) is 6.26 Å². The van der Waals surface area contributed by atoms with E-state index in [1.807, 2.05) is 48.2 Å². The van der Waals surface area contributed by atoms with Crippen LogP contribution < -0.4 is 5.32 Å². The molecule has 0 saturated carbocycles. The maximum Gasteiger partial charge on any atom is 0.268 e. The first-order valence-electron chi connectivity index (χ1n) is 13.5. The standard InChI is InChI=1S/C30H38N4O4S/c1-3-34(29(35)22-23-11-13-26(14-12-23)39(2,37)38)25-15-19-33(20-16-25)21-17-27(24-8-5-4-6-9-24)32-30(36)28-10-7-18-31-28/h4-14,18,25,27,31H,3,15-17,19-22H2,1-2H3,(H,32,36)/t27-/m0/s1. The molecule has 2 heterocycles. The van der Waals surface area contributed by atoms with Crippen molar-refractivity contribution in [2.75, 3.05) is 32.4 Å². The molecule has 1 saturated heterocycles. The maximum absolute atomic E-state index is 13.1. The molecule has 0 bridgehead atoms. The molecule has 8 nitrogen and oxygen atoms in total. The van der Waals surface area contributed by atoms with Crippen LogP contribution in [0.4, 0.5) is 0 Å². The van der Waals surface area contributed by atoms with E-state index in [4.69, 9.17) is 0 Å². The number of sulfone groups is 1. The van der Waals surface area contributed by atoms with Crippen LogP contribution >= 0.6 is 0 Å².